The lowest BCUT2D eigenvalue weighted by molar-refractivity contribution is -0.147. The summed E-state index contributed by atoms with van der Waals surface area (Å²) in [6, 6.07) is -4.18. The number of carbonyl (C=O) groups excluding carboxylic acids is 3. The highest BCUT2D eigenvalue weighted by molar-refractivity contribution is 5.94. The number of aliphatic carboxylic acids is 1. The highest BCUT2D eigenvalue weighted by Crippen LogP contribution is 2.20. The van der Waals surface area contributed by atoms with Gasteiger partial charge in [0.15, 0.2) is 12.0 Å². The molecule has 13 heteroatoms. The average molecular weight is 486 g/mol. The van der Waals surface area contributed by atoms with E-state index in [1.54, 1.807) is 0 Å². The van der Waals surface area contributed by atoms with Crippen molar-refractivity contribution >= 4 is 29.7 Å². The molecule has 10 N–H and O–H groups in total. The van der Waals surface area contributed by atoms with Crippen LogP contribution in [0.25, 0.3) is 0 Å². The molecule has 0 radical (unpaired) electrons. The minimum atomic E-state index is -1.51. The first-order chi connectivity index (χ1) is 15.8. The molecule has 1 saturated heterocycles. The predicted molar refractivity (Wildman–Crippen MR) is 125 cm³/mol. The highest BCUT2D eigenvalue weighted by Gasteiger charge is 2.39. The van der Waals surface area contributed by atoms with Gasteiger partial charge in [-0.05, 0) is 44.9 Å². The van der Waals surface area contributed by atoms with Crippen molar-refractivity contribution in [1.82, 2.24) is 15.5 Å². The van der Waals surface area contributed by atoms with Crippen molar-refractivity contribution in [1.29, 1.82) is 0 Å². The van der Waals surface area contributed by atoms with Crippen LogP contribution < -0.4 is 27.8 Å². The number of carboxylic acids is 1. The molecule has 0 bridgehead atoms. The van der Waals surface area contributed by atoms with E-state index in [-0.39, 0.29) is 31.4 Å². The Bertz CT molecular complexity index is 754. The standard InChI is InChI=1S/C21H39N7O6/c1-11(2)10-13(22)17(30)26-14(6-4-8-25-21(23)24)19(32)28-9-5-7-15(28)18(31)27-16(12(3)29)20(33)34/h11-16,29H,4-10,22H2,1-3H3,(H,26,30)(H,27,31)(H,33,34)(H4,23,24,25). The topological polar surface area (TPSA) is 226 Å². The van der Waals surface area contributed by atoms with Crippen LogP contribution in [0.3, 0.4) is 0 Å². The van der Waals surface area contributed by atoms with E-state index in [0.717, 1.165) is 0 Å². The van der Waals surface area contributed by atoms with E-state index in [2.05, 4.69) is 15.6 Å². The fourth-order valence-electron chi connectivity index (χ4n) is 3.80. The van der Waals surface area contributed by atoms with Gasteiger partial charge in [0.25, 0.3) is 0 Å². The lowest BCUT2D eigenvalue weighted by Gasteiger charge is -2.30. The van der Waals surface area contributed by atoms with Crippen LogP contribution in [0.4, 0.5) is 0 Å². The molecule has 0 saturated carbocycles. The number of aliphatic hydroxyl groups is 1. The molecule has 1 heterocycles. The number of nitrogens with one attached hydrogen (secondary N) is 2. The van der Waals surface area contributed by atoms with Crippen LogP contribution >= 0.6 is 0 Å². The number of rotatable bonds is 13. The number of likely N-dealkylation sites (tertiary alicyclic amines) is 1. The summed E-state index contributed by atoms with van der Waals surface area (Å²) < 4.78 is 0. The molecule has 0 aromatic carbocycles. The summed E-state index contributed by atoms with van der Waals surface area (Å²) in [7, 11) is 0. The first kappa shape index (κ1) is 29.1. The van der Waals surface area contributed by atoms with E-state index >= 15 is 0 Å². The molecule has 3 amide bonds. The highest BCUT2D eigenvalue weighted by atomic mass is 16.4. The number of carbonyl (C=O) groups is 4. The van der Waals surface area contributed by atoms with Gasteiger partial charge in [-0.3, -0.25) is 19.4 Å². The number of hydrogen-bond acceptors (Lipinski definition) is 7. The summed E-state index contributed by atoms with van der Waals surface area (Å²) in [5, 5.41) is 23.9. The van der Waals surface area contributed by atoms with Gasteiger partial charge in [-0.1, -0.05) is 13.8 Å². The Balaban J connectivity index is 2.99. The first-order valence-corrected chi connectivity index (χ1v) is 11.5. The molecule has 5 atom stereocenters. The molecule has 1 aliphatic rings. The van der Waals surface area contributed by atoms with Crippen molar-refractivity contribution in [3.63, 3.8) is 0 Å². The van der Waals surface area contributed by atoms with Gasteiger partial charge in [0.05, 0.1) is 12.1 Å². The fraction of sp³-hybridized carbons (Fsp3) is 0.762. The van der Waals surface area contributed by atoms with E-state index in [1.165, 1.54) is 11.8 Å². The minimum absolute atomic E-state index is 0.0896. The van der Waals surface area contributed by atoms with Crippen LogP contribution in [0, 0.1) is 5.92 Å². The number of aliphatic hydroxyl groups excluding tert-OH is 1. The van der Waals surface area contributed by atoms with Crippen LogP contribution in [0.15, 0.2) is 4.99 Å². The van der Waals surface area contributed by atoms with Crippen molar-refractivity contribution in [2.24, 2.45) is 28.1 Å². The summed E-state index contributed by atoms with van der Waals surface area (Å²) in [6.07, 6.45) is 0.569. The van der Waals surface area contributed by atoms with E-state index in [0.29, 0.717) is 25.7 Å². The van der Waals surface area contributed by atoms with Gasteiger partial charge in [0, 0.05) is 13.1 Å². The molecule has 1 rings (SSSR count). The Morgan fingerprint density at radius 3 is 2.32 bits per heavy atom. The third-order valence-corrected chi connectivity index (χ3v) is 5.51. The maximum Gasteiger partial charge on any atom is 0.328 e. The Hall–Kier alpha value is -2.93. The normalized spacial score (nSPS) is 19.1. The van der Waals surface area contributed by atoms with E-state index in [1.807, 2.05) is 13.8 Å². The summed E-state index contributed by atoms with van der Waals surface area (Å²) in [4.78, 5) is 55.3. The van der Waals surface area contributed by atoms with Crippen molar-refractivity contribution in [3.05, 3.63) is 0 Å². The zero-order valence-electron chi connectivity index (χ0n) is 20.1. The van der Waals surface area contributed by atoms with E-state index < -0.39 is 54.0 Å². The van der Waals surface area contributed by atoms with Crippen molar-refractivity contribution < 1.29 is 29.4 Å². The number of amides is 3. The number of hydrogen-bond donors (Lipinski definition) is 7. The molecular weight excluding hydrogens is 446 g/mol. The number of nitrogens with two attached hydrogens (primary N) is 3. The zero-order valence-corrected chi connectivity index (χ0v) is 20.1. The van der Waals surface area contributed by atoms with Gasteiger partial charge in [-0.15, -0.1) is 0 Å². The average Bonchev–Trinajstić information content (AvgIpc) is 3.22. The number of aliphatic imine (C=N–C) groups is 1. The van der Waals surface area contributed by atoms with Gasteiger partial charge < -0.3 is 42.9 Å². The lowest BCUT2D eigenvalue weighted by atomic mass is 10.0. The number of guanidine groups is 1. The summed E-state index contributed by atoms with van der Waals surface area (Å²) in [5.41, 5.74) is 16.6. The van der Waals surface area contributed by atoms with Crippen LogP contribution in [-0.2, 0) is 19.2 Å². The lowest BCUT2D eigenvalue weighted by Crippen LogP contribution is -2.58. The molecule has 1 aliphatic heterocycles. The molecule has 0 aromatic heterocycles. The predicted octanol–water partition coefficient (Wildman–Crippen LogP) is -2.16. The van der Waals surface area contributed by atoms with E-state index in [9.17, 15) is 29.4 Å². The smallest absolute Gasteiger partial charge is 0.328 e. The Labute approximate surface area is 199 Å². The van der Waals surface area contributed by atoms with Gasteiger partial charge in [-0.25, -0.2) is 4.79 Å². The van der Waals surface area contributed by atoms with Gasteiger partial charge in [0.2, 0.25) is 17.7 Å². The maximum atomic E-state index is 13.4. The second kappa shape index (κ2) is 13.7. The van der Waals surface area contributed by atoms with Crippen LogP contribution in [0.2, 0.25) is 0 Å². The third-order valence-electron chi connectivity index (χ3n) is 5.51. The summed E-state index contributed by atoms with van der Waals surface area (Å²) in [6.45, 7) is 5.62. The Morgan fingerprint density at radius 2 is 1.79 bits per heavy atom. The SMILES string of the molecule is CC(C)CC(N)C(=O)NC(CCCN=C(N)N)C(=O)N1CCCC1C(=O)NC(C(=O)O)C(C)O. The number of nitrogens with zero attached hydrogens (tertiary/aromatic N) is 2. The molecule has 0 spiro atoms. The van der Waals surface area contributed by atoms with Crippen molar-refractivity contribution in [2.45, 2.75) is 83.1 Å². The van der Waals surface area contributed by atoms with Gasteiger partial charge in [0.1, 0.15) is 12.1 Å². The van der Waals surface area contributed by atoms with Crippen LogP contribution in [0.5, 0.6) is 0 Å². The van der Waals surface area contributed by atoms with E-state index in [4.69, 9.17) is 17.2 Å². The van der Waals surface area contributed by atoms with Crippen LogP contribution in [-0.4, -0.2) is 88.1 Å². The van der Waals surface area contributed by atoms with Gasteiger partial charge in [-0.2, -0.15) is 0 Å². The Kier molecular flexibility index (Phi) is 11.7. The second-order valence-corrected chi connectivity index (χ2v) is 9.00. The first-order valence-electron chi connectivity index (χ1n) is 11.5. The molecular formula is C21H39N7O6. The number of carboxylic acid groups (broad SMARTS) is 1. The Morgan fingerprint density at radius 1 is 1.15 bits per heavy atom. The molecule has 5 unspecified atom stereocenters. The van der Waals surface area contributed by atoms with Crippen LogP contribution in [0.1, 0.15) is 52.9 Å². The second-order valence-electron chi connectivity index (χ2n) is 9.00. The maximum absolute atomic E-state index is 13.4. The molecule has 194 valence electrons. The third kappa shape index (κ3) is 9.14. The van der Waals surface area contributed by atoms with Crippen molar-refractivity contribution in [3.8, 4) is 0 Å². The zero-order chi connectivity index (χ0) is 26.0. The summed E-state index contributed by atoms with van der Waals surface area (Å²) in [5.74, 6) is -2.93. The molecule has 1 fully saturated rings. The molecule has 0 aromatic rings. The molecule has 13 nitrogen and oxygen atoms in total. The minimum Gasteiger partial charge on any atom is -0.480 e. The monoisotopic (exact) mass is 485 g/mol. The fourth-order valence-corrected chi connectivity index (χ4v) is 3.80. The van der Waals surface area contributed by atoms with Gasteiger partial charge >= 0.3 is 5.97 Å². The summed E-state index contributed by atoms with van der Waals surface area (Å²) >= 11 is 0. The molecule has 0 aliphatic carbocycles. The quantitative estimate of drug-likeness (QED) is 0.0854. The van der Waals surface area contributed by atoms with Crippen molar-refractivity contribution in [2.75, 3.05) is 13.1 Å². The molecule has 34 heavy (non-hydrogen) atoms. The largest absolute Gasteiger partial charge is 0.480 e.